The largest absolute Gasteiger partial charge is 0.341 e. The van der Waals surface area contributed by atoms with Gasteiger partial charge in [-0.15, -0.1) is 0 Å². The predicted molar refractivity (Wildman–Crippen MR) is 386 cm³/mol. The standard InChI is InChI=1S/2C36H38FN9OS.2CH4/c2*1-3-29-34(44(2)36-43-33(31(19-38)48-36)25-4-7-28(37)8-5-25)46-22-26(6-9-32(46)42-29)27-20-40-35(41-21-27)45-16-12-23(13-17-45)18-30(47)24-10-14-39-15-11-24;;/h2*4-9,20-24,39H,3,10-18H2,1-2H3;2*1H4. The number of nitrogens with one attached hydrogen (secondary N) is 2. The molecular weight excluding hydrogens is 1280 g/mol. The van der Waals surface area contributed by atoms with E-state index in [0.717, 1.165) is 160 Å². The fourth-order valence-corrected chi connectivity index (χ4v) is 15.4. The van der Waals surface area contributed by atoms with E-state index in [1.54, 1.807) is 24.3 Å². The number of anilines is 6. The Morgan fingerprint density at radius 2 is 0.857 bits per heavy atom. The number of carbonyl (C=O) groups excluding carboxylic acids is 2. The molecule has 24 heteroatoms. The molecule has 4 aliphatic heterocycles. The lowest BCUT2D eigenvalue weighted by molar-refractivity contribution is -0.125. The molecule has 0 amide bonds. The Balaban J connectivity index is 0.000000194. The average molecular weight is 1360 g/mol. The number of imidazole rings is 2. The summed E-state index contributed by atoms with van der Waals surface area (Å²) < 4.78 is 31.2. The number of piperidine rings is 4. The molecular formula is C74H84F2N18O2S2. The van der Waals surface area contributed by atoms with Crippen LogP contribution in [0.2, 0.25) is 0 Å². The number of aromatic nitrogens is 10. The number of rotatable bonds is 18. The number of pyridine rings is 2. The highest BCUT2D eigenvalue weighted by molar-refractivity contribution is 7.17. The van der Waals surface area contributed by atoms with Crippen molar-refractivity contribution < 1.29 is 18.4 Å². The van der Waals surface area contributed by atoms with E-state index in [1.165, 1.54) is 46.9 Å². The van der Waals surface area contributed by atoms with Gasteiger partial charge in [0, 0.05) is 136 Å². The van der Waals surface area contributed by atoms with Crippen LogP contribution in [0.1, 0.15) is 114 Å². The molecule has 12 heterocycles. The molecule has 0 radical (unpaired) electrons. The first kappa shape index (κ1) is 69.9. The fraction of sp³-hybridized carbons (Fsp3) is 0.405. The molecule has 0 spiro atoms. The van der Waals surface area contributed by atoms with Gasteiger partial charge in [-0.3, -0.25) is 18.4 Å². The number of nitrogens with zero attached hydrogens (tertiary/aromatic N) is 16. The van der Waals surface area contributed by atoms with Crippen LogP contribution in [-0.2, 0) is 22.4 Å². The lowest BCUT2D eigenvalue weighted by Gasteiger charge is -2.32. The van der Waals surface area contributed by atoms with Gasteiger partial charge in [-0.05, 0) is 175 Å². The second-order valence-electron chi connectivity index (χ2n) is 25.3. The van der Waals surface area contributed by atoms with Crippen molar-refractivity contribution in [3.8, 4) is 56.9 Å². The topological polar surface area (TPSA) is 231 Å². The van der Waals surface area contributed by atoms with E-state index in [9.17, 15) is 28.9 Å². The zero-order chi connectivity index (χ0) is 66.4. The van der Waals surface area contributed by atoms with Crippen molar-refractivity contribution in [3.05, 3.63) is 143 Å². The van der Waals surface area contributed by atoms with Crippen molar-refractivity contribution in [2.24, 2.45) is 23.7 Å². The lowest BCUT2D eigenvalue weighted by Crippen LogP contribution is -2.37. The van der Waals surface area contributed by atoms with Crippen LogP contribution in [0.25, 0.3) is 56.1 Å². The second kappa shape index (κ2) is 31.4. The Morgan fingerprint density at radius 3 is 1.19 bits per heavy atom. The van der Waals surface area contributed by atoms with E-state index in [0.29, 0.717) is 104 Å². The van der Waals surface area contributed by atoms with Gasteiger partial charge in [0.05, 0.1) is 11.4 Å². The number of thiazole rings is 2. The van der Waals surface area contributed by atoms with E-state index in [-0.39, 0.29) is 38.3 Å². The van der Waals surface area contributed by atoms with Gasteiger partial charge in [0.1, 0.15) is 79.4 Å². The molecule has 2 N–H and O–H groups in total. The maximum absolute atomic E-state index is 13.6. The number of aryl methyl sites for hydroxylation is 2. The Hall–Kier alpha value is -9.46. The summed E-state index contributed by atoms with van der Waals surface area (Å²) in [5, 5.41) is 27.7. The third-order valence-electron chi connectivity index (χ3n) is 19.2. The van der Waals surface area contributed by atoms with Crippen molar-refractivity contribution in [2.75, 3.05) is 86.1 Å². The van der Waals surface area contributed by atoms with E-state index >= 15 is 0 Å². The van der Waals surface area contributed by atoms with E-state index in [1.807, 2.05) is 94.1 Å². The molecule has 0 aliphatic carbocycles. The molecule has 0 atom stereocenters. The van der Waals surface area contributed by atoms with Gasteiger partial charge in [0.25, 0.3) is 0 Å². The van der Waals surface area contributed by atoms with Crippen molar-refractivity contribution in [2.45, 2.75) is 106 Å². The summed E-state index contributed by atoms with van der Waals surface area (Å²) >= 11 is 2.59. The zero-order valence-electron chi connectivity index (χ0n) is 54.4. The predicted octanol–water partition coefficient (Wildman–Crippen LogP) is 14.1. The number of Topliss-reactive ketones (excluding diaryl/α,β-unsaturated/α-hetero) is 2. The smallest absolute Gasteiger partial charge is 0.225 e. The molecule has 14 rings (SSSR count). The third kappa shape index (κ3) is 15.1. The summed E-state index contributed by atoms with van der Waals surface area (Å²) in [5.41, 5.74) is 9.52. The highest BCUT2D eigenvalue weighted by atomic mass is 32.1. The quantitative estimate of drug-likeness (QED) is 0.0813. The van der Waals surface area contributed by atoms with Crippen LogP contribution in [0.3, 0.4) is 0 Å². The molecule has 10 aromatic rings. The number of benzene rings is 2. The van der Waals surface area contributed by atoms with Crippen LogP contribution in [0.4, 0.5) is 42.6 Å². The molecule has 4 aliphatic rings. The van der Waals surface area contributed by atoms with Gasteiger partial charge in [0.15, 0.2) is 10.3 Å². The minimum Gasteiger partial charge on any atom is -0.341 e. The Bertz CT molecular complexity index is 4190. The molecule has 508 valence electrons. The van der Waals surface area contributed by atoms with Gasteiger partial charge in [0.2, 0.25) is 11.9 Å². The third-order valence-corrected chi connectivity index (χ3v) is 21.3. The fourth-order valence-electron chi connectivity index (χ4n) is 13.7. The molecule has 20 nitrogen and oxygen atoms in total. The number of hydrogen-bond donors (Lipinski definition) is 2. The molecule has 98 heavy (non-hydrogen) atoms. The maximum atomic E-state index is 13.6. The Morgan fingerprint density at radius 1 is 0.510 bits per heavy atom. The lowest BCUT2D eigenvalue weighted by atomic mass is 9.84. The zero-order valence-corrected chi connectivity index (χ0v) is 56.0. The van der Waals surface area contributed by atoms with Crippen molar-refractivity contribution >= 4 is 79.3 Å². The summed E-state index contributed by atoms with van der Waals surface area (Å²) in [6.07, 6.45) is 22.2. The molecule has 0 bridgehead atoms. The van der Waals surface area contributed by atoms with Crippen LogP contribution in [0.5, 0.6) is 0 Å². The van der Waals surface area contributed by atoms with Crippen molar-refractivity contribution in [1.82, 2.24) is 59.3 Å². The first-order valence-electron chi connectivity index (χ1n) is 33.3. The van der Waals surface area contributed by atoms with Gasteiger partial charge in [-0.25, -0.2) is 48.7 Å². The normalized spacial score (nSPS) is 15.6. The second-order valence-corrected chi connectivity index (χ2v) is 27.2. The van der Waals surface area contributed by atoms with Crippen LogP contribution >= 0.6 is 22.7 Å². The molecule has 0 unspecified atom stereocenters. The number of halogens is 2. The molecule has 0 saturated carbocycles. The molecule has 4 saturated heterocycles. The van der Waals surface area contributed by atoms with Crippen LogP contribution in [-0.4, -0.2) is 127 Å². The molecule has 4 fully saturated rings. The van der Waals surface area contributed by atoms with E-state index < -0.39 is 0 Å². The minimum atomic E-state index is -0.337. The summed E-state index contributed by atoms with van der Waals surface area (Å²) in [5.74, 6) is 4.71. The summed E-state index contributed by atoms with van der Waals surface area (Å²) in [6.45, 7) is 11.4. The summed E-state index contributed by atoms with van der Waals surface area (Å²) in [6, 6.07) is 24.6. The highest BCUT2D eigenvalue weighted by Crippen LogP contribution is 2.40. The van der Waals surface area contributed by atoms with E-state index in [4.69, 9.17) is 39.9 Å². The van der Waals surface area contributed by atoms with Gasteiger partial charge in [-0.2, -0.15) is 10.5 Å². The number of ketones is 2. The molecule has 8 aromatic heterocycles. The summed E-state index contributed by atoms with van der Waals surface area (Å²) in [7, 11) is 3.85. The number of nitriles is 2. The van der Waals surface area contributed by atoms with Gasteiger partial charge >= 0.3 is 0 Å². The van der Waals surface area contributed by atoms with Crippen LogP contribution in [0.15, 0.2) is 110 Å². The first-order chi connectivity index (χ1) is 46.8. The van der Waals surface area contributed by atoms with Crippen molar-refractivity contribution in [3.63, 3.8) is 0 Å². The summed E-state index contributed by atoms with van der Waals surface area (Å²) in [4.78, 5) is 73.3. The molecule has 2 aromatic carbocycles. The maximum Gasteiger partial charge on any atom is 0.225 e. The van der Waals surface area contributed by atoms with Crippen LogP contribution in [0, 0.1) is 58.0 Å². The number of carbonyl (C=O) groups is 2. The van der Waals surface area contributed by atoms with E-state index in [2.05, 4.69) is 46.4 Å². The first-order valence-corrected chi connectivity index (χ1v) is 34.9. The Kier molecular flexibility index (Phi) is 22.4. The van der Waals surface area contributed by atoms with Crippen molar-refractivity contribution in [1.29, 1.82) is 10.5 Å². The monoisotopic (exact) mass is 1360 g/mol. The van der Waals surface area contributed by atoms with Gasteiger partial charge < -0.3 is 30.2 Å². The van der Waals surface area contributed by atoms with Crippen LogP contribution < -0.4 is 30.2 Å². The number of hydrogen-bond acceptors (Lipinski definition) is 20. The number of fused-ring (bicyclic) bond motifs is 2. The highest BCUT2D eigenvalue weighted by Gasteiger charge is 2.31. The SMILES string of the molecule is C.C.CCc1nc2ccc(-c3cnc(N4CCC(CC(=O)C5CCNCC5)CC4)nc3)cn2c1N(C)c1nc(-c2ccc(F)cc2)c(C#N)s1.CCc1nc2ccc(-c3cnc(N4CCC(CC(=O)C5CCNCC5)CC4)nc3)cn2c1N(C)c1nc(-c2ccc(F)cc2)c(C#N)s1. The Labute approximate surface area is 579 Å². The minimum absolute atomic E-state index is 0. The average Bonchev–Trinajstić information content (AvgIpc) is 1.61. The van der Waals surface area contributed by atoms with Gasteiger partial charge in [-0.1, -0.05) is 51.4 Å².